The first-order chi connectivity index (χ1) is 8.66. The second-order valence-corrected chi connectivity index (χ2v) is 5.43. The summed E-state index contributed by atoms with van der Waals surface area (Å²) < 4.78 is 0. The molecule has 2 heterocycles. The van der Waals surface area contributed by atoms with E-state index in [1.165, 1.54) is 0 Å². The molecule has 0 spiro atoms. The van der Waals surface area contributed by atoms with Crippen LogP contribution in [0.4, 0.5) is 0 Å². The quantitative estimate of drug-likeness (QED) is 0.778. The molecule has 0 aromatic carbocycles. The van der Waals surface area contributed by atoms with E-state index in [9.17, 15) is 9.59 Å². The lowest BCUT2D eigenvalue weighted by atomic mass is 9.93. The van der Waals surface area contributed by atoms with Gasteiger partial charge >= 0.3 is 5.97 Å². The van der Waals surface area contributed by atoms with Crippen LogP contribution in [0, 0.1) is 11.8 Å². The zero-order chi connectivity index (χ0) is 13.0. The van der Waals surface area contributed by atoms with Gasteiger partial charge < -0.3 is 15.3 Å². The highest BCUT2D eigenvalue weighted by molar-refractivity contribution is 5.78. The van der Waals surface area contributed by atoms with Gasteiger partial charge in [0, 0.05) is 19.5 Å². The number of likely N-dealkylation sites (tertiary alicyclic amines) is 1. The number of nitrogens with one attached hydrogen (secondary N) is 1. The first-order valence-corrected chi connectivity index (χ1v) is 6.88. The summed E-state index contributed by atoms with van der Waals surface area (Å²) in [5.41, 5.74) is 0. The fourth-order valence-electron chi connectivity index (χ4n) is 2.88. The molecule has 2 N–H and O–H groups in total. The fraction of sp³-hybridized carbons (Fsp3) is 0.846. The van der Waals surface area contributed by atoms with Crippen molar-refractivity contribution in [1.29, 1.82) is 0 Å². The number of amides is 1. The molecule has 0 bridgehead atoms. The Hall–Kier alpha value is -1.10. The number of carboxylic acids is 1. The summed E-state index contributed by atoms with van der Waals surface area (Å²) in [6.45, 7) is 3.09. The monoisotopic (exact) mass is 254 g/mol. The van der Waals surface area contributed by atoms with Crippen molar-refractivity contribution in [2.24, 2.45) is 11.8 Å². The van der Waals surface area contributed by atoms with Gasteiger partial charge in [-0.2, -0.15) is 0 Å². The minimum Gasteiger partial charge on any atom is -0.481 e. The summed E-state index contributed by atoms with van der Waals surface area (Å²) in [5, 5.41) is 12.3. The van der Waals surface area contributed by atoms with Gasteiger partial charge in [-0.05, 0) is 44.7 Å². The summed E-state index contributed by atoms with van der Waals surface area (Å²) in [5.74, 6) is -0.579. The van der Waals surface area contributed by atoms with Gasteiger partial charge in [-0.15, -0.1) is 0 Å². The smallest absolute Gasteiger partial charge is 0.308 e. The van der Waals surface area contributed by atoms with Crippen LogP contribution in [0.2, 0.25) is 0 Å². The van der Waals surface area contributed by atoms with Crippen LogP contribution in [0.15, 0.2) is 0 Å². The Labute approximate surface area is 108 Å². The lowest BCUT2D eigenvalue weighted by molar-refractivity contribution is -0.145. The summed E-state index contributed by atoms with van der Waals surface area (Å²) in [6, 6.07) is 0. The first kappa shape index (κ1) is 13.3. The number of hydrogen-bond donors (Lipinski definition) is 2. The van der Waals surface area contributed by atoms with E-state index in [4.69, 9.17) is 5.11 Å². The van der Waals surface area contributed by atoms with Gasteiger partial charge in [0.2, 0.25) is 5.91 Å². The lowest BCUT2D eigenvalue weighted by Crippen LogP contribution is -2.43. The number of hydrogen-bond acceptors (Lipinski definition) is 3. The van der Waals surface area contributed by atoms with Crippen molar-refractivity contribution in [1.82, 2.24) is 10.2 Å². The number of carboxylic acid groups (broad SMARTS) is 1. The van der Waals surface area contributed by atoms with Crippen LogP contribution in [0.5, 0.6) is 0 Å². The van der Waals surface area contributed by atoms with Crippen LogP contribution >= 0.6 is 0 Å². The van der Waals surface area contributed by atoms with E-state index in [0.717, 1.165) is 38.9 Å². The minimum atomic E-state index is -0.771. The molecule has 2 fully saturated rings. The van der Waals surface area contributed by atoms with Crippen LogP contribution in [-0.4, -0.2) is 48.1 Å². The van der Waals surface area contributed by atoms with Crippen molar-refractivity contribution in [3.8, 4) is 0 Å². The van der Waals surface area contributed by atoms with Crippen LogP contribution in [-0.2, 0) is 9.59 Å². The average Bonchev–Trinajstić information content (AvgIpc) is 2.40. The first-order valence-electron chi connectivity index (χ1n) is 6.88. The third-order valence-corrected chi connectivity index (χ3v) is 3.99. The molecule has 102 valence electrons. The summed E-state index contributed by atoms with van der Waals surface area (Å²) >= 11 is 0. The van der Waals surface area contributed by atoms with Gasteiger partial charge in [0.1, 0.15) is 0 Å². The minimum absolute atomic E-state index is 0.134. The SMILES string of the molecule is O=C(O)[C@H]1CCCN(C(=O)CC2CCCNC2)C1. The zero-order valence-electron chi connectivity index (χ0n) is 10.7. The molecule has 1 unspecified atom stereocenters. The standard InChI is InChI=1S/C13H22N2O3/c16-12(7-10-3-1-5-14-8-10)15-6-2-4-11(9-15)13(17)18/h10-11,14H,1-9H2,(H,17,18)/t10?,11-/m0/s1. The van der Waals surface area contributed by atoms with E-state index in [1.807, 2.05) is 0 Å². The summed E-state index contributed by atoms with van der Waals surface area (Å²) in [4.78, 5) is 24.9. The van der Waals surface area contributed by atoms with E-state index >= 15 is 0 Å². The number of aliphatic carboxylic acids is 1. The number of nitrogens with zero attached hydrogens (tertiary/aromatic N) is 1. The van der Waals surface area contributed by atoms with Crippen molar-refractivity contribution >= 4 is 11.9 Å². The van der Waals surface area contributed by atoms with Gasteiger partial charge in [0.15, 0.2) is 0 Å². The topological polar surface area (TPSA) is 69.6 Å². The predicted molar refractivity (Wildman–Crippen MR) is 67.2 cm³/mol. The normalized spacial score (nSPS) is 29.0. The molecule has 2 aliphatic rings. The maximum Gasteiger partial charge on any atom is 0.308 e. The fourth-order valence-corrected chi connectivity index (χ4v) is 2.88. The van der Waals surface area contributed by atoms with Gasteiger partial charge in [0.25, 0.3) is 0 Å². The summed E-state index contributed by atoms with van der Waals surface area (Å²) in [6.07, 6.45) is 4.32. The third kappa shape index (κ3) is 3.45. The highest BCUT2D eigenvalue weighted by atomic mass is 16.4. The zero-order valence-corrected chi connectivity index (χ0v) is 10.7. The van der Waals surface area contributed by atoms with Crippen molar-refractivity contribution in [2.45, 2.75) is 32.1 Å². The van der Waals surface area contributed by atoms with Crippen LogP contribution in [0.1, 0.15) is 32.1 Å². The maximum atomic E-state index is 12.1. The Balaban J connectivity index is 1.82. The molecule has 2 atom stereocenters. The summed E-state index contributed by atoms with van der Waals surface area (Å²) in [7, 11) is 0. The van der Waals surface area contributed by atoms with E-state index in [-0.39, 0.29) is 11.8 Å². The van der Waals surface area contributed by atoms with Crippen molar-refractivity contribution in [2.75, 3.05) is 26.2 Å². The maximum absolute atomic E-state index is 12.1. The average molecular weight is 254 g/mol. The molecule has 0 aromatic heterocycles. The second kappa shape index (κ2) is 6.18. The molecule has 0 aliphatic carbocycles. The molecule has 5 heteroatoms. The number of piperidine rings is 2. The number of rotatable bonds is 3. The van der Waals surface area contributed by atoms with Crippen molar-refractivity contribution in [3.05, 3.63) is 0 Å². The van der Waals surface area contributed by atoms with Crippen molar-refractivity contribution in [3.63, 3.8) is 0 Å². The van der Waals surface area contributed by atoms with E-state index < -0.39 is 5.97 Å². The number of carbonyl (C=O) groups excluding carboxylic acids is 1. The lowest BCUT2D eigenvalue weighted by Gasteiger charge is -2.32. The second-order valence-electron chi connectivity index (χ2n) is 5.43. The largest absolute Gasteiger partial charge is 0.481 e. The molecular formula is C13H22N2O3. The van der Waals surface area contributed by atoms with Gasteiger partial charge in [-0.1, -0.05) is 0 Å². The van der Waals surface area contributed by atoms with Crippen LogP contribution < -0.4 is 5.32 Å². The Morgan fingerprint density at radius 2 is 2.11 bits per heavy atom. The van der Waals surface area contributed by atoms with E-state index in [2.05, 4.69) is 5.32 Å². The van der Waals surface area contributed by atoms with Crippen LogP contribution in [0.25, 0.3) is 0 Å². The van der Waals surface area contributed by atoms with Gasteiger partial charge in [0.05, 0.1) is 5.92 Å². The number of carbonyl (C=O) groups is 2. The highest BCUT2D eigenvalue weighted by Crippen LogP contribution is 2.20. The van der Waals surface area contributed by atoms with Gasteiger partial charge in [-0.25, -0.2) is 0 Å². The molecule has 2 rings (SSSR count). The molecule has 0 saturated carbocycles. The van der Waals surface area contributed by atoms with Crippen LogP contribution in [0.3, 0.4) is 0 Å². The molecule has 0 radical (unpaired) electrons. The highest BCUT2D eigenvalue weighted by Gasteiger charge is 2.29. The Morgan fingerprint density at radius 1 is 1.28 bits per heavy atom. The van der Waals surface area contributed by atoms with Gasteiger partial charge in [-0.3, -0.25) is 9.59 Å². The Morgan fingerprint density at radius 3 is 2.78 bits per heavy atom. The molecule has 18 heavy (non-hydrogen) atoms. The molecule has 5 nitrogen and oxygen atoms in total. The molecule has 0 aromatic rings. The predicted octanol–water partition coefficient (Wildman–Crippen LogP) is 0.699. The third-order valence-electron chi connectivity index (χ3n) is 3.99. The molecule has 2 aliphatic heterocycles. The van der Waals surface area contributed by atoms with E-state index in [1.54, 1.807) is 4.90 Å². The molecule has 1 amide bonds. The molecule has 2 saturated heterocycles. The molecular weight excluding hydrogens is 232 g/mol. The Bertz CT molecular complexity index is 313. The Kier molecular flexibility index (Phi) is 4.58. The van der Waals surface area contributed by atoms with E-state index in [0.29, 0.717) is 25.3 Å². The van der Waals surface area contributed by atoms with Crippen molar-refractivity contribution < 1.29 is 14.7 Å².